The van der Waals surface area contributed by atoms with E-state index in [4.69, 9.17) is 4.74 Å². The lowest BCUT2D eigenvalue weighted by atomic mass is 9.79. The van der Waals surface area contributed by atoms with Crippen molar-refractivity contribution >= 4 is 12.1 Å². The summed E-state index contributed by atoms with van der Waals surface area (Å²) < 4.78 is 5.16. The Labute approximate surface area is 138 Å². The molecule has 0 saturated heterocycles. The van der Waals surface area contributed by atoms with Gasteiger partial charge in [-0.05, 0) is 44.6 Å². The van der Waals surface area contributed by atoms with Gasteiger partial charge in [0.05, 0.1) is 0 Å². The Morgan fingerprint density at radius 1 is 1.13 bits per heavy atom. The lowest BCUT2D eigenvalue weighted by Crippen LogP contribution is -2.51. The summed E-state index contributed by atoms with van der Waals surface area (Å²) in [5.74, 6) is -1.06. The number of nitrogens with one attached hydrogen (secondary N) is 1. The predicted octanol–water partition coefficient (Wildman–Crippen LogP) is 3.62. The first-order valence-electron chi connectivity index (χ1n) is 7.77. The van der Waals surface area contributed by atoms with E-state index in [0.717, 1.165) is 12.0 Å². The number of rotatable bonds is 6. The average Bonchev–Trinajstić information content (AvgIpc) is 2.41. The number of ether oxygens (including phenoxy) is 1. The molecule has 1 unspecified atom stereocenters. The molecule has 0 aliphatic heterocycles. The fraction of sp³-hybridized carbons (Fsp3) is 0.556. The molecule has 0 aromatic heterocycles. The lowest BCUT2D eigenvalue weighted by Gasteiger charge is -2.32. The first-order valence-corrected chi connectivity index (χ1v) is 7.77. The van der Waals surface area contributed by atoms with Crippen LogP contribution in [0.15, 0.2) is 30.3 Å². The predicted molar refractivity (Wildman–Crippen MR) is 89.3 cm³/mol. The van der Waals surface area contributed by atoms with Crippen molar-refractivity contribution in [3.8, 4) is 0 Å². The molecule has 0 aliphatic rings. The van der Waals surface area contributed by atoms with Gasteiger partial charge in [0.2, 0.25) is 0 Å². The number of carbonyl (C=O) groups is 2. The maximum absolute atomic E-state index is 11.9. The van der Waals surface area contributed by atoms with Crippen molar-refractivity contribution in [3.63, 3.8) is 0 Å². The van der Waals surface area contributed by atoms with Crippen LogP contribution in [0.4, 0.5) is 4.79 Å². The quantitative estimate of drug-likeness (QED) is 0.839. The molecule has 2 N–H and O–H groups in total. The van der Waals surface area contributed by atoms with Gasteiger partial charge in [-0.2, -0.15) is 0 Å². The van der Waals surface area contributed by atoms with Gasteiger partial charge in [0, 0.05) is 0 Å². The molecular weight excluding hydrogens is 294 g/mol. The third kappa shape index (κ3) is 6.72. The molecule has 5 nitrogen and oxygen atoms in total. The maximum atomic E-state index is 11.9. The number of alkyl carbamates (subject to hydrolysis) is 1. The Kier molecular flexibility index (Phi) is 6.19. The monoisotopic (exact) mass is 321 g/mol. The van der Waals surface area contributed by atoms with Gasteiger partial charge in [0.15, 0.2) is 0 Å². The van der Waals surface area contributed by atoms with Crippen LogP contribution in [-0.2, 0) is 16.0 Å². The minimum absolute atomic E-state index is 0.613. The molecule has 5 heteroatoms. The second-order valence-electron chi connectivity index (χ2n) is 7.39. The topological polar surface area (TPSA) is 75.6 Å². The maximum Gasteiger partial charge on any atom is 0.408 e. The Bertz CT molecular complexity index is 532. The SMILES string of the molecule is CC(C)(C)OC(=O)NC(C(=O)O)C(C)(C)CCc1ccccc1. The number of carbonyl (C=O) groups excluding carboxylic acids is 1. The van der Waals surface area contributed by atoms with Crippen molar-refractivity contribution in [2.45, 2.75) is 59.1 Å². The van der Waals surface area contributed by atoms with Crippen LogP contribution in [0.5, 0.6) is 0 Å². The molecule has 1 rings (SSSR count). The molecule has 1 aromatic rings. The highest BCUT2D eigenvalue weighted by Gasteiger charge is 2.37. The molecule has 1 atom stereocenters. The smallest absolute Gasteiger partial charge is 0.408 e. The summed E-state index contributed by atoms with van der Waals surface area (Å²) >= 11 is 0. The van der Waals surface area contributed by atoms with Crippen molar-refractivity contribution < 1.29 is 19.4 Å². The molecule has 1 aromatic carbocycles. The van der Waals surface area contributed by atoms with Crippen molar-refractivity contribution in [2.24, 2.45) is 5.41 Å². The Morgan fingerprint density at radius 3 is 2.17 bits per heavy atom. The normalized spacial score (nSPS) is 13.3. The van der Waals surface area contributed by atoms with Gasteiger partial charge in [-0.1, -0.05) is 44.2 Å². The highest BCUT2D eigenvalue weighted by atomic mass is 16.6. The summed E-state index contributed by atoms with van der Waals surface area (Å²) in [6.45, 7) is 8.90. The Hall–Kier alpha value is -2.04. The van der Waals surface area contributed by atoms with E-state index < -0.39 is 29.1 Å². The average molecular weight is 321 g/mol. The van der Waals surface area contributed by atoms with Gasteiger partial charge in [-0.3, -0.25) is 0 Å². The summed E-state index contributed by atoms with van der Waals surface area (Å²) in [6, 6.07) is 8.85. The number of hydrogen-bond acceptors (Lipinski definition) is 3. The number of aryl methyl sites for hydroxylation is 1. The van der Waals surface area contributed by atoms with Crippen LogP contribution in [-0.4, -0.2) is 28.8 Å². The molecule has 0 radical (unpaired) electrons. The first kappa shape index (κ1) is 19.0. The van der Waals surface area contributed by atoms with Crippen molar-refractivity contribution in [1.29, 1.82) is 0 Å². The minimum Gasteiger partial charge on any atom is -0.480 e. The van der Waals surface area contributed by atoms with Crippen LogP contribution in [0.3, 0.4) is 0 Å². The summed E-state index contributed by atoms with van der Waals surface area (Å²) in [7, 11) is 0. The Balaban J connectivity index is 2.74. The van der Waals surface area contributed by atoms with E-state index in [9.17, 15) is 14.7 Å². The molecule has 1 amide bonds. The molecule has 0 fully saturated rings. The van der Waals surface area contributed by atoms with Crippen LogP contribution in [0.25, 0.3) is 0 Å². The standard InChI is InChI=1S/C18H27NO4/c1-17(2,3)23-16(22)19-14(15(20)21)18(4,5)12-11-13-9-7-6-8-10-13/h6-10,14H,11-12H2,1-5H3,(H,19,22)(H,20,21). The van der Waals surface area contributed by atoms with Crippen LogP contribution < -0.4 is 5.32 Å². The van der Waals surface area contributed by atoms with Gasteiger partial charge in [0.1, 0.15) is 11.6 Å². The van der Waals surface area contributed by atoms with Crippen molar-refractivity contribution in [1.82, 2.24) is 5.32 Å². The third-order valence-electron chi connectivity index (χ3n) is 3.59. The van der Waals surface area contributed by atoms with Gasteiger partial charge < -0.3 is 15.2 Å². The zero-order chi connectivity index (χ0) is 17.7. The highest BCUT2D eigenvalue weighted by molar-refractivity contribution is 5.80. The van der Waals surface area contributed by atoms with Crippen LogP contribution in [0, 0.1) is 5.41 Å². The van der Waals surface area contributed by atoms with E-state index in [0.29, 0.717) is 6.42 Å². The molecule has 0 bridgehead atoms. The number of carboxylic acid groups (broad SMARTS) is 1. The number of benzene rings is 1. The zero-order valence-corrected chi connectivity index (χ0v) is 14.6. The third-order valence-corrected chi connectivity index (χ3v) is 3.59. The van der Waals surface area contributed by atoms with E-state index in [2.05, 4.69) is 5.32 Å². The number of amides is 1. The fourth-order valence-electron chi connectivity index (χ4n) is 2.27. The zero-order valence-electron chi connectivity index (χ0n) is 14.6. The number of aliphatic carboxylic acids is 1. The van der Waals surface area contributed by atoms with Crippen LogP contribution in [0.1, 0.15) is 46.6 Å². The number of hydrogen-bond donors (Lipinski definition) is 2. The second kappa shape index (κ2) is 7.49. The van der Waals surface area contributed by atoms with E-state index in [-0.39, 0.29) is 0 Å². The van der Waals surface area contributed by atoms with Gasteiger partial charge >= 0.3 is 12.1 Å². The van der Waals surface area contributed by atoms with Crippen molar-refractivity contribution in [2.75, 3.05) is 0 Å². The lowest BCUT2D eigenvalue weighted by molar-refractivity contribution is -0.142. The van der Waals surface area contributed by atoms with Gasteiger partial charge in [0.25, 0.3) is 0 Å². The number of carboxylic acids is 1. The molecule has 23 heavy (non-hydrogen) atoms. The summed E-state index contributed by atoms with van der Waals surface area (Å²) in [5, 5.41) is 12.0. The Morgan fingerprint density at radius 2 is 1.70 bits per heavy atom. The highest BCUT2D eigenvalue weighted by Crippen LogP contribution is 2.28. The van der Waals surface area contributed by atoms with E-state index in [1.165, 1.54) is 0 Å². The summed E-state index contributed by atoms with van der Waals surface area (Å²) in [6.07, 6.45) is 0.662. The molecule has 0 spiro atoms. The molecular formula is C18H27NO4. The van der Waals surface area contributed by atoms with E-state index in [1.54, 1.807) is 20.8 Å². The second-order valence-corrected chi connectivity index (χ2v) is 7.39. The minimum atomic E-state index is -1.06. The van der Waals surface area contributed by atoms with Crippen LogP contribution in [0.2, 0.25) is 0 Å². The van der Waals surface area contributed by atoms with Gasteiger partial charge in [-0.15, -0.1) is 0 Å². The fourth-order valence-corrected chi connectivity index (χ4v) is 2.27. The first-order chi connectivity index (χ1) is 10.5. The molecule has 0 saturated carbocycles. The van der Waals surface area contributed by atoms with Gasteiger partial charge in [-0.25, -0.2) is 9.59 Å². The summed E-state index contributed by atoms with van der Waals surface area (Å²) in [5.41, 5.74) is -0.137. The molecule has 128 valence electrons. The van der Waals surface area contributed by atoms with E-state index >= 15 is 0 Å². The summed E-state index contributed by atoms with van der Waals surface area (Å²) in [4.78, 5) is 23.5. The molecule has 0 heterocycles. The largest absolute Gasteiger partial charge is 0.480 e. The van der Waals surface area contributed by atoms with Crippen molar-refractivity contribution in [3.05, 3.63) is 35.9 Å². The van der Waals surface area contributed by atoms with Crippen LogP contribution >= 0.6 is 0 Å². The van der Waals surface area contributed by atoms with E-state index in [1.807, 2.05) is 44.2 Å². The molecule has 0 aliphatic carbocycles.